The van der Waals surface area contributed by atoms with Crippen LogP contribution in [0.1, 0.15) is 19.4 Å². The van der Waals surface area contributed by atoms with Crippen molar-refractivity contribution >= 4 is 5.57 Å². The number of rotatable bonds is 1. The molecule has 0 radical (unpaired) electrons. The Morgan fingerprint density at radius 2 is 1.88 bits per heavy atom. The molecule has 3 nitrogen and oxygen atoms in total. The highest BCUT2D eigenvalue weighted by atomic mass is 16.6. The van der Waals surface area contributed by atoms with Crippen LogP contribution in [0.4, 0.5) is 0 Å². The molecular formula is C13H13NO2. The Morgan fingerprint density at radius 3 is 2.50 bits per heavy atom. The Labute approximate surface area is 94.9 Å². The van der Waals surface area contributed by atoms with Gasteiger partial charge in [0.05, 0.1) is 11.6 Å². The van der Waals surface area contributed by atoms with E-state index >= 15 is 0 Å². The Morgan fingerprint density at radius 1 is 1.19 bits per heavy atom. The van der Waals surface area contributed by atoms with E-state index in [1.165, 1.54) is 0 Å². The highest BCUT2D eigenvalue weighted by molar-refractivity contribution is 5.79. The smallest absolute Gasteiger partial charge is 0.162 e. The first-order valence-electron chi connectivity index (χ1n) is 5.20. The summed E-state index contributed by atoms with van der Waals surface area (Å²) in [6.07, 6.45) is 0. The molecule has 0 unspecified atom stereocenters. The van der Waals surface area contributed by atoms with Gasteiger partial charge < -0.3 is 9.47 Å². The van der Waals surface area contributed by atoms with Crippen LogP contribution in [-0.4, -0.2) is 13.2 Å². The molecule has 1 aliphatic rings. The van der Waals surface area contributed by atoms with Gasteiger partial charge in [0.15, 0.2) is 11.5 Å². The summed E-state index contributed by atoms with van der Waals surface area (Å²) in [5.41, 5.74) is 2.57. The van der Waals surface area contributed by atoms with Crippen LogP contribution < -0.4 is 9.47 Å². The Bertz CT molecular complexity index is 479. The lowest BCUT2D eigenvalue weighted by Gasteiger charge is -2.18. The van der Waals surface area contributed by atoms with E-state index in [9.17, 15) is 0 Å². The molecule has 0 atom stereocenters. The van der Waals surface area contributed by atoms with Crippen LogP contribution in [0.3, 0.4) is 0 Å². The predicted octanol–water partition coefficient (Wildman–Crippen LogP) is 2.77. The molecule has 0 fully saturated rings. The van der Waals surface area contributed by atoms with Crippen molar-refractivity contribution in [3.8, 4) is 17.6 Å². The maximum Gasteiger partial charge on any atom is 0.162 e. The number of hydrogen-bond donors (Lipinski definition) is 0. The number of nitrogens with zero attached hydrogens (tertiary/aromatic N) is 1. The fourth-order valence-electron chi connectivity index (χ4n) is 1.66. The van der Waals surface area contributed by atoms with Crippen LogP contribution in [0.5, 0.6) is 11.5 Å². The van der Waals surface area contributed by atoms with Crippen molar-refractivity contribution < 1.29 is 9.47 Å². The van der Waals surface area contributed by atoms with Gasteiger partial charge >= 0.3 is 0 Å². The third-order valence-corrected chi connectivity index (χ3v) is 2.44. The molecular weight excluding hydrogens is 202 g/mol. The molecule has 16 heavy (non-hydrogen) atoms. The lowest BCUT2D eigenvalue weighted by molar-refractivity contribution is 0.171. The van der Waals surface area contributed by atoms with E-state index in [0.29, 0.717) is 18.8 Å². The molecule has 1 aromatic rings. The molecule has 0 bridgehead atoms. The number of hydrogen-bond acceptors (Lipinski definition) is 3. The van der Waals surface area contributed by atoms with E-state index in [2.05, 4.69) is 6.07 Å². The van der Waals surface area contributed by atoms with E-state index in [4.69, 9.17) is 14.7 Å². The van der Waals surface area contributed by atoms with Crippen LogP contribution >= 0.6 is 0 Å². The van der Waals surface area contributed by atoms with Crippen LogP contribution in [0.15, 0.2) is 23.8 Å². The molecule has 82 valence electrons. The molecule has 0 N–H and O–H groups in total. The fraction of sp³-hybridized carbons (Fsp3) is 0.308. The fourth-order valence-corrected chi connectivity index (χ4v) is 1.66. The van der Waals surface area contributed by atoms with Gasteiger partial charge in [-0.1, -0.05) is 5.57 Å². The Balaban J connectivity index is 2.45. The predicted molar refractivity (Wildman–Crippen MR) is 61.3 cm³/mol. The average molecular weight is 215 g/mol. The summed E-state index contributed by atoms with van der Waals surface area (Å²) in [6.45, 7) is 5.00. The molecule has 3 heteroatoms. The zero-order chi connectivity index (χ0) is 11.5. The molecule has 0 amide bonds. The zero-order valence-electron chi connectivity index (χ0n) is 9.41. The highest BCUT2D eigenvalue weighted by Gasteiger charge is 2.13. The standard InChI is InChI=1S/C13H13NO2/c1-9(2)11(8-14)10-3-4-12-13(7-10)16-6-5-15-12/h3-4,7H,5-6H2,1-2H3. The van der Waals surface area contributed by atoms with Gasteiger partial charge in [-0.2, -0.15) is 5.26 Å². The third-order valence-electron chi connectivity index (χ3n) is 2.44. The Kier molecular flexibility index (Phi) is 2.82. The summed E-state index contributed by atoms with van der Waals surface area (Å²) in [4.78, 5) is 0. The summed E-state index contributed by atoms with van der Waals surface area (Å²) >= 11 is 0. The van der Waals surface area contributed by atoms with E-state index < -0.39 is 0 Å². The number of fused-ring (bicyclic) bond motifs is 1. The summed E-state index contributed by atoms with van der Waals surface area (Å²) in [7, 11) is 0. The third kappa shape index (κ3) is 1.87. The maximum atomic E-state index is 9.07. The van der Waals surface area contributed by atoms with Crippen molar-refractivity contribution in [2.75, 3.05) is 13.2 Å². The van der Waals surface area contributed by atoms with E-state index in [1.807, 2.05) is 32.0 Å². The first-order valence-corrected chi connectivity index (χ1v) is 5.20. The van der Waals surface area contributed by atoms with Gasteiger partial charge in [-0.15, -0.1) is 0 Å². The quantitative estimate of drug-likeness (QED) is 0.676. The van der Waals surface area contributed by atoms with Crippen LogP contribution in [0, 0.1) is 11.3 Å². The second-order valence-corrected chi connectivity index (χ2v) is 3.85. The van der Waals surface area contributed by atoms with E-state index in [0.717, 1.165) is 22.6 Å². The summed E-state index contributed by atoms with van der Waals surface area (Å²) in [6, 6.07) is 7.81. The largest absolute Gasteiger partial charge is 0.486 e. The summed E-state index contributed by atoms with van der Waals surface area (Å²) < 4.78 is 10.9. The van der Waals surface area contributed by atoms with Crippen molar-refractivity contribution in [1.29, 1.82) is 5.26 Å². The lowest BCUT2D eigenvalue weighted by Crippen LogP contribution is -2.15. The minimum Gasteiger partial charge on any atom is -0.486 e. The van der Waals surface area contributed by atoms with Crippen molar-refractivity contribution in [2.45, 2.75) is 13.8 Å². The number of ether oxygens (including phenoxy) is 2. The van der Waals surface area contributed by atoms with Crippen LogP contribution in [-0.2, 0) is 0 Å². The molecule has 1 aliphatic heterocycles. The van der Waals surface area contributed by atoms with Crippen molar-refractivity contribution in [1.82, 2.24) is 0 Å². The topological polar surface area (TPSA) is 42.2 Å². The van der Waals surface area contributed by atoms with E-state index in [-0.39, 0.29) is 0 Å². The molecule has 1 heterocycles. The van der Waals surface area contributed by atoms with Crippen molar-refractivity contribution in [3.63, 3.8) is 0 Å². The van der Waals surface area contributed by atoms with Gasteiger partial charge in [0.1, 0.15) is 13.2 Å². The van der Waals surface area contributed by atoms with Crippen LogP contribution in [0.2, 0.25) is 0 Å². The second-order valence-electron chi connectivity index (χ2n) is 3.85. The zero-order valence-corrected chi connectivity index (χ0v) is 9.41. The number of allylic oxidation sites excluding steroid dienone is 2. The van der Waals surface area contributed by atoms with Gasteiger partial charge in [0, 0.05) is 0 Å². The van der Waals surface area contributed by atoms with Crippen molar-refractivity contribution in [3.05, 3.63) is 29.3 Å². The van der Waals surface area contributed by atoms with Crippen molar-refractivity contribution in [2.24, 2.45) is 0 Å². The van der Waals surface area contributed by atoms with Gasteiger partial charge in [-0.25, -0.2) is 0 Å². The summed E-state index contributed by atoms with van der Waals surface area (Å²) in [5.74, 6) is 1.47. The first-order chi connectivity index (χ1) is 7.72. The molecule has 0 saturated carbocycles. The monoisotopic (exact) mass is 215 g/mol. The minimum atomic E-state index is 0.563. The van der Waals surface area contributed by atoms with Gasteiger partial charge in [-0.05, 0) is 37.6 Å². The molecule has 0 aliphatic carbocycles. The average Bonchev–Trinajstić information content (AvgIpc) is 2.29. The number of benzene rings is 1. The molecule has 0 aromatic heterocycles. The SMILES string of the molecule is CC(C)=C(C#N)c1ccc2c(c1)OCCO2. The van der Waals surface area contributed by atoms with Gasteiger partial charge in [-0.3, -0.25) is 0 Å². The Hall–Kier alpha value is -1.95. The van der Waals surface area contributed by atoms with Crippen LogP contribution in [0.25, 0.3) is 5.57 Å². The summed E-state index contributed by atoms with van der Waals surface area (Å²) in [5, 5.41) is 9.07. The maximum absolute atomic E-state index is 9.07. The normalized spacial score (nSPS) is 12.8. The molecule has 0 spiro atoms. The highest BCUT2D eigenvalue weighted by Crippen LogP contribution is 2.33. The van der Waals surface area contributed by atoms with Gasteiger partial charge in [0.2, 0.25) is 0 Å². The molecule has 1 aromatic carbocycles. The minimum absolute atomic E-state index is 0.563. The lowest BCUT2D eigenvalue weighted by atomic mass is 10.0. The second kappa shape index (κ2) is 4.28. The number of nitriles is 1. The van der Waals surface area contributed by atoms with Gasteiger partial charge in [0.25, 0.3) is 0 Å². The van der Waals surface area contributed by atoms with E-state index in [1.54, 1.807) is 0 Å². The first kappa shape index (κ1) is 10.6. The molecule has 0 saturated heterocycles. The molecule has 2 rings (SSSR count).